The summed E-state index contributed by atoms with van der Waals surface area (Å²) in [4.78, 5) is 32.9. The van der Waals surface area contributed by atoms with Crippen LogP contribution < -0.4 is 14.4 Å². The molecule has 9 heteroatoms. The van der Waals surface area contributed by atoms with Crippen molar-refractivity contribution in [3.63, 3.8) is 0 Å². The molecular formula is C28H23ClN2O5S. The highest BCUT2D eigenvalue weighted by Crippen LogP contribution is 2.46. The Hall–Kier alpha value is -3.88. The first-order valence-corrected chi connectivity index (χ1v) is 12.9. The number of carbonyl (C=O) groups is 2. The highest BCUT2D eigenvalue weighted by Gasteiger charge is 2.48. The van der Waals surface area contributed by atoms with E-state index in [1.807, 2.05) is 13.8 Å². The van der Waals surface area contributed by atoms with Crippen molar-refractivity contribution in [3.05, 3.63) is 88.5 Å². The van der Waals surface area contributed by atoms with E-state index in [0.717, 1.165) is 4.70 Å². The summed E-state index contributed by atoms with van der Waals surface area (Å²) < 4.78 is 12.3. The van der Waals surface area contributed by atoms with E-state index in [1.54, 1.807) is 66.7 Å². The minimum atomic E-state index is -0.939. The maximum absolute atomic E-state index is 13.5. The zero-order valence-electron chi connectivity index (χ0n) is 20.1. The van der Waals surface area contributed by atoms with E-state index >= 15 is 0 Å². The highest BCUT2D eigenvalue weighted by atomic mass is 35.5. The van der Waals surface area contributed by atoms with Gasteiger partial charge in [0.25, 0.3) is 5.78 Å². The number of ether oxygens (including phenoxy) is 2. The van der Waals surface area contributed by atoms with Crippen LogP contribution >= 0.6 is 22.9 Å². The minimum Gasteiger partial charge on any atom is -0.507 e. The molecule has 1 aliphatic rings. The Labute approximate surface area is 222 Å². The number of anilines is 1. The number of fused-ring (bicyclic) bond motifs is 1. The molecule has 4 aromatic rings. The fraction of sp³-hybridized carbons (Fsp3) is 0.179. The van der Waals surface area contributed by atoms with Gasteiger partial charge in [-0.1, -0.05) is 59.3 Å². The molecule has 1 fully saturated rings. The van der Waals surface area contributed by atoms with Gasteiger partial charge in [0.2, 0.25) is 0 Å². The number of thiazole rings is 1. The van der Waals surface area contributed by atoms with Crippen LogP contribution in [0.25, 0.3) is 16.0 Å². The number of Topliss-reactive ketones (excluding diaryl/α,β-unsaturated/α-hetero) is 1. The number of ketones is 1. The third-order valence-corrected chi connectivity index (χ3v) is 7.17. The number of aliphatic hydroxyl groups is 1. The van der Waals surface area contributed by atoms with Crippen LogP contribution in [0.3, 0.4) is 0 Å². The van der Waals surface area contributed by atoms with Crippen LogP contribution in [-0.4, -0.2) is 35.0 Å². The molecule has 0 spiro atoms. The summed E-state index contributed by atoms with van der Waals surface area (Å²) in [6.45, 7) is 4.57. The van der Waals surface area contributed by atoms with Crippen molar-refractivity contribution in [1.82, 2.24) is 4.98 Å². The van der Waals surface area contributed by atoms with Crippen molar-refractivity contribution in [2.24, 2.45) is 0 Å². The molecule has 7 nitrogen and oxygen atoms in total. The molecule has 3 aromatic carbocycles. The summed E-state index contributed by atoms with van der Waals surface area (Å²) in [6, 6.07) is 18.2. The number of aromatic nitrogens is 1. The van der Waals surface area contributed by atoms with Crippen LogP contribution in [-0.2, 0) is 9.59 Å². The molecule has 37 heavy (non-hydrogen) atoms. The Morgan fingerprint density at radius 3 is 2.46 bits per heavy atom. The zero-order valence-corrected chi connectivity index (χ0v) is 21.7. The van der Waals surface area contributed by atoms with Gasteiger partial charge >= 0.3 is 5.91 Å². The van der Waals surface area contributed by atoms with Gasteiger partial charge in [0.15, 0.2) is 16.6 Å². The summed E-state index contributed by atoms with van der Waals surface area (Å²) in [5.41, 5.74) is 1.62. The third-order valence-electron chi connectivity index (χ3n) is 5.92. The van der Waals surface area contributed by atoms with Crippen molar-refractivity contribution in [1.29, 1.82) is 0 Å². The number of halogens is 1. The molecule has 1 aromatic heterocycles. The van der Waals surface area contributed by atoms with Crippen molar-refractivity contribution >= 4 is 55.7 Å². The van der Waals surface area contributed by atoms with E-state index in [2.05, 4.69) is 4.98 Å². The largest absolute Gasteiger partial charge is 0.507 e. The number of aliphatic hydroxyl groups excluding tert-OH is 1. The molecule has 1 atom stereocenters. The summed E-state index contributed by atoms with van der Waals surface area (Å²) in [5, 5.41) is 12.1. The molecular weight excluding hydrogens is 512 g/mol. The van der Waals surface area contributed by atoms with E-state index in [1.165, 1.54) is 16.2 Å². The molecule has 1 amide bonds. The first-order valence-electron chi connectivity index (χ1n) is 11.7. The molecule has 1 aliphatic heterocycles. The lowest BCUT2D eigenvalue weighted by Gasteiger charge is -2.24. The van der Waals surface area contributed by atoms with Gasteiger partial charge in [-0.3, -0.25) is 14.5 Å². The Morgan fingerprint density at radius 1 is 1.00 bits per heavy atom. The average molecular weight is 535 g/mol. The van der Waals surface area contributed by atoms with Crippen molar-refractivity contribution < 1.29 is 24.2 Å². The fourth-order valence-electron chi connectivity index (χ4n) is 4.32. The van der Waals surface area contributed by atoms with E-state index in [0.29, 0.717) is 51.5 Å². The number of hydrogen-bond donors (Lipinski definition) is 1. The van der Waals surface area contributed by atoms with Crippen molar-refractivity contribution in [2.45, 2.75) is 19.9 Å². The van der Waals surface area contributed by atoms with Crippen LogP contribution in [0.15, 0.2) is 72.3 Å². The maximum Gasteiger partial charge on any atom is 0.301 e. The van der Waals surface area contributed by atoms with Crippen LogP contribution in [0.2, 0.25) is 5.02 Å². The van der Waals surface area contributed by atoms with Gasteiger partial charge in [-0.05, 0) is 49.7 Å². The van der Waals surface area contributed by atoms with Gasteiger partial charge in [0.1, 0.15) is 5.76 Å². The van der Waals surface area contributed by atoms with E-state index in [4.69, 9.17) is 21.1 Å². The normalized spacial score (nSPS) is 16.9. The zero-order chi connectivity index (χ0) is 26.1. The first kappa shape index (κ1) is 24.8. The molecule has 0 aliphatic carbocycles. The standard InChI is InChI=1S/C28H23ClN2O5S/c1-3-35-20-13-10-17(14-21(20)36-4-2)24-23(25(32)16-8-6-5-7-9-16)26(33)27(34)31(24)28-30-19-12-11-18(29)15-22(19)37-28/h5-15,24,32H,3-4H2,1-2H3/b25-23+. The summed E-state index contributed by atoms with van der Waals surface area (Å²) >= 11 is 7.41. The lowest BCUT2D eigenvalue weighted by atomic mass is 9.95. The predicted molar refractivity (Wildman–Crippen MR) is 145 cm³/mol. The van der Waals surface area contributed by atoms with Gasteiger partial charge in [-0.15, -0.1) is 0 Å². The van der Waals surface area contributed by atoms with Gasteiger partial charge in [0, 0.05) is 10.6 Å². The summed E-state index contributed by atoms with van der Waals surface area (Å²) in [7, 11) is 0. The molecule has 0 saturated carbocycles. The van der Waals surface area contributed by atoms with Gasteiger partial charge in [0.05, 0.1) is 35.0 Å². The molecule has 5 rings (SSSR count). The van der Waals surface area contributed by atoms with Crippen LogP contribution in [0.5, 0.6) is 11.5 Å². The van der Waals surface area contributed by atoms with Crippen LogP contribution in [0, 0.1) is 0 Å². The fourth-order valence-corrected chi connectivity index (χ4v) is 5.59. The van der Waals surface area contributed by atoms with E-state index in [-0.39, 0.29) is 11.3 Å². The molecule has 188 valence electrons. The Bertz CT molecular complexity index is 1530. The van der Waals surface area contributed by atoms with Crippen molar-refractivity contribution in [3.8, 4) is 11.5 Å². The number of benzene rings is 3. The number of nitrogens with zero attached hydrogens (tertiary/aromatic N) is 2. The molecule has 1 saturated heterocycles. The van der Waals surface area contributed by atoms with E-state index < -0.39 is 17.7 Å². The lowest BCUT2D eigenvalue weighted by molar-refractivity contribution is -0.132. The topological polar surface area (TPSA) is 89.0 Å². The first-order chi connectivity index (χ1) is 17.9. The maximum atomic E-state index is 13.5. The van der Waals surface area contributed by atoms with Gasteiger partial charge in [-0.25, -0.2) is 4.98 Å². The molecule has 0 radical (unpaired) electrons. The lowest BCUT2D eigenvalue weighted by Crippen LogP contribution is -2.29. The minimum absolute atomic E-state index is 0.0277. The molecule has 1 unspecified atom stereocenters. The molecule has 2 heterocycles. The van der Waals surface area contributed by atoms with Crippen molar-refractivity contribution in [2.75, 3.05) is 18.1 Å². The quantitative estimate of drug-likeness (QED) is 0.168. The number of rotatable bonds is 7. The van der Waals surface area contributed by atoms with Gasteiger partial charge < -0.3 is 14.6 Å². The highest BCUT2D eigenvalue weighted by molar-refractivity contribution is 7.22. The second-order valence-electron chi connectivity index (χ2n) is 8.22. The Kier molecular flexibility index (Phi) is 6.86. The second kappa shape index (κ2) is 10.2. The number of amides is 1. The Morgan fingerprint density at radius 2 is 1.73 bits per heavy atom. The summed E-state index contributed by atoms with van der Waals surface area (Å²) in [6.07, 6.45) is 0. The monoisotopic (exact) mass is 534 g/mol. The van der Waals surface area contributed by atoms with Crippen LogP contribution in [0.4, 0.5) is 5.13 Å². The summed E-state index contributed by atoms with van der Waals surface area (Å²) in [5.74, 6) is -0.816. The number of hydrogen-bond acceptors (Lipinski definition) is 7. The molecule has 1 N–H and O–H groups in total. The van der Waals surface area contributed by atoms with Crippen LogP contribution in [0.1, 0.15) is 31.0 Å². The average Bonchev–Trinajstić information content (AvgIpc) is 3.43. The SMILES string of the molecule is CCOc1ccc(C2/C(=C(\O)c3ccccc3)C(=O)C(=O)N2c2nc3ccc(Cl)cc3s2)cc1OCC. The Balaban J connectivity index is 1.73. The third kappa shape index (κ3) is 4.54. The van der Waals surface area contributed by atoms with E-state index in [9.17, 15) is 14.7 Å². The number of carbonyl (C=O) groups excluding carboxylic acids is 2. The smallest absolute Gasteiger partial charge is 0.301 e. The predicted octanol–water partition coefficient (Wildman–Crippen LogP) is 6.37. The second-order valence-corrected chi connectivity index (χ2v) is 9.66. The van der Waals surface area contributed by atoms with Gasteiger partial charge in [-0.2, -0.15) is 0 Å². The molecule has 0 bridgehead atoms.